The Hall–Kier alpha value is -1.79. The molecule has 2 aromatic carbocycles. The second-order valence-corrected chi connectivity index (χ2v) is 4.77. The summed E-state index contributed by atoms with van der Waals surface area (Å²) in [6.07, 6.45) is 0. The molecule has 0 saturated carbocycles. The largest absolute Gasteiger partial charge is 0.320 e. The van der Waals surface area contributed by atoms with Crippen molar-refractivity contribution in [1.82, 2.24) is 0 Å². The third kappa shape index (κ3) is 3.11. The summed E-state index contributed by atoms with van der Waals surface area (Å²) in [6, 6.07) is 4.32. The topological polar surface area (TPSA) is 29.1 Å². The summed E-state index contributed by atoms with van der Waals surface area (Å²) in [5, 5.41) is 2.44. The zero-order chi connectivity index (χ0) is 15.7. The van der Waals surface area contributed by atoms with Gasteiger partial charge >= 0.3 is 0 Å². The van der Waals surface area contributed by atoms with Gasteiger partial charge in [-0.15, -0.1) is 0 Å². The van der Waals surface area contributed by atoms with E-state index >= 15 is 0 Å². The van der Waals surface area contributed by atoms with E-state index in [0.717, 1.165) is 0 Å². The Labute approximate surface area is 126 Å². The van der Waals surface area contributed by atoms with Gasteiger partial charge < -0.3 is 5.32 Å². The number of carbonyl (C=O) groups excluding carboxylic acids is 1. The summed E-state index contributed by atoms with van der Waals surface area (Å²) < 4.78 is 52.4. The van der Waals surface area contributed by atoms with E-state index in [1.807, 2.05) is 0 Å². The first-order chi connectivity index (χ1) is 9.81. The highest BCUT2D eigenvalue weighted by Crippen LogP contribution is 2.27. The van der Waals surface area contributed by atoms with Crippen LogP contribution in [-0.2, 0) is 0 Å². The van der Waals surface area contributed by atoms with Crippen LogP contribution in [0.2, 0.25) is 10.0 Å². The molecule has 0 unspecified atom stereocenters. The van der Waals surface area contributed by atoms with Gasteiger partial charge in [-0.1, -0.05) is 23.2 Å². The monoisotopic (exact) mass is 337 g/mol. The average Bonchev–Trinajstić information content (AvgIpc) is 2.44. The second kappa shape index (κ2) is 5.91. The van der Waals surface area contributed by atoms with Crippen molar-refractivity contribution >= 4 is 34.8 Å². The van der Waals surface area contributed by atoms with Crippen LogP contribution in [0.1, 0.15) is 10.4 Å². The fourth-order valence-electron chi connectivity index (χ4n) is 1.52. The fraction of sp³-hybridized carbons (Fsp3) is 0. The maximum absolute atomic E-state index is 13.5. The van der Waals surface area contributed by atoms with Gasteiger partial charge in [-0.25, -0.2) is 17.6 Å². The zero-order valence-corrected chi connectivity index (χ0v) is 11.5. The summed E-state index contributed by atoms with van der Waals surface area (Å²) >= 11 is 11.5. The van der Waals surface area contributed by atoms with E-state index in [4.69, 9.17) is 23.2 Å². The number of hydrogen-bond donors (Lipinski definition) is 1. The Balaban J connectivity index is 2.40. The molecule has 0 saturated heterocycles. The van der Waals surface area contributed by atoms with Gasteiger partial charge in [0, 0.05) is 5.02 Å². The molecule has 0 fully saturated rings. The van der Waals surface area contributed by atoms with E-state index in [2.05, 4.69) is 5.32 Å². The minimum Gasteiger partial charge on any atom is -0.320 e. The summed E-state index contributed by atoms with van der Waals surface area (Å²) in [5.74, 6) is -8.75. The Bertz CT molecular complexity index is 737. The molecule has 0 aliphatic carbocycles. The SMILES string of the molecule is O=C(Nc1cc(Cl)ccc1Cl)c1cc(F)c(F)c(F)c1F. The predicted molar refractivity (Wildman–Crippen MR) is 70.7 cm³/mol. The van der Waals surface area contributed by atoms with Gasteiger partial charge in [-0.2, -0.15) is 0 Å². The van der Waals surface area contributed by atoms with Crippen LogP contribution < -0.4 is 5.32 Å². The van der Waals surface area contributed by atoms with Gasteiger partial charge in [0.1, 0.15) is 0 Å². The molecule has 0 bridgehead atoms. The maximum Gasteiger partial charge on any atom is 0.258 e. The van der Waals surface area contributed by atoms with Gasteiger partial charge in [0.2, 0.25) is 0 Å². The number of anilines is 1. The summed E-state index contributed by atoms with van der Waals surface area (Å²) in [4.78, 5) is 11.8. The van der Waals surface area contributed by atoms with Crippen molar-refractivity contribution in [3.05, 3.63) is 63.1 Å². The van der Waals surface area contributed by atoms with Gasteiger partial charge in [-0.05, 0) is 24.3 Å². The number of rotatable bonds is 2. The number of hydrogen-bond acceptors (Lipinski definition) is 1. The average molecular weight is 338 g/mol. The molecule has 2 nitrogen and oxygen atoms in total. The lowest BCUT2D eigenvalue weighted by Crippen LogP contribution is -2.16. The van der Waals surface area contributed by atoms with E-state index in [1.165, 1.54) is 18.2 Å². The molecule has 110 valence electrons. The molecule has 0 spiro atoms. The molecule has 21 heavy (non-hydrogen) atoms. The minimum atomic E-state index is -2.07. The van der Waals surface area contributed by atoms with Crippen LogP contribution in [0.4, 0.5) is 23.2 Å². The lowest BCUT2D eigenvalue weighted by molar-refractivity contribution is 0.102. The molecule has 0 radical (unpaired) electrons. The molecule has 8 heteroatoms. The smallest absolute Gasteiger partial charge is 0.258 e. The van der Waals surface area contributed by atoms with Crippen molar-refractivity contribution in [2.45, 2.75) is 0 Å². The van der Waals surface area contributed by atoms with E-state index in [0.29, 0.717) is 0 Å². The molecule has 0 aliphatic rings. The Morgan fingerprint density at radius 1 is 0.952 bits per heavy atom. The summed E-state index contributed by atoms with van der Waals surface area (Å²) in [7, 11) is 0. The first-order valence-electron chi connectivity index (χ1n) is 5.40. The third-order valence-electron chi connectivity index (χ3n) is 2.52. The lowest BCUT2D eigenvalue weighted by atomic mass is 10.1. The molecule has 1 N–H and O–H groups in total. The minimum absolute atomic E-state index is 0.0127. The van der Waals surface area contributed by atoms with Crippen molar-refractivity contribution in [3.63, 3.8) is 0 Å². The van der Waals surface area contributed by atoms with Crippen molar-refractivity contribution in [3.8, 4) is 0 Å². The molecule has 0 aromatic heterocycles. The quantitative estimate of drug-likeness (QED) is 0.476. The molecular weight excluding hydrogens is 333 g/mol. The van der Waals surface area contributed by atoms with Crippen LogP contribution in [-0.4, -0.2) is 5.91 Å². The number of halogens is 6. The molecule has 0 atom stereocenters. The first kappa shape index (κ1) is 15.6. The van der Waals surface area contributed by atoms with Crippen LogP contribution in [0, 0.1) is 23.3 Å². The Kier molecular flexibility index (Phi) is 4.39. The molecule has 0 heterocycles. The standard InChI is InChI=1S/C13H5Cl2F4NO/c14-5-1-2-7(15)9(3-5)20-13(21)6-4-8(16)11(18)12(19)10(6)17/h1-4H,(H,20,21). The molecule has 2 rings (SSSR count). The van der Waals surface area contributed by atoms with Crippen LogP contribution in [0.25, 0.3) is 0 Å². The van der Waals surface area contributed by atoms with Crippen molar-refractivity contribution < 1.29 is 22.4 Å². The number of nitrogens with one attached hydrogen (secondary N) is 1. The van der Waals surface area contributed by atoms with Crippen molar-refractivity contribution in [2.75, 3.05) is 5.32 Å². The van der Waals surface area contributed by atoms with Gasteiger partial charge in [0.15, 0.2) is 23.3 Å². The van der Waals surface area contributed by atoms with Crippen LogP contribution in [0.3, 0.4) is 0 Å². The highest BCUT2D eigenvalue weighted by Gasteiger charge is 2.23. The molecule has 0 aliphatic heterocycles. The maximum atomic E-state index is 13.5. The first-order valence-corrected chi connectivity index (χ1v) is 6.16. The van der Waals surface area contributed by atoms with Gasteiger partial charge in [-0.3, -0.25) is 4.79 Å². The molecule has 1 amide bonds. The van der Waals surface area contributed by atoms with Crippen LogP contribution in [0.5, 0.6) is 0 Å². The Morgan fingerprint density at radius 2 is 1.62 bits per heavy atom. The highest BCUT2D eigenvalue weighted by molar-refractivity contribution is 6.35. The van der Waals surface area contributed by atoms with Crippen molar-refractivity contribution in [1.29, 1.82) is 0 Å². The van der Waals surface area contributed by atoms with E-state index < -0.39 is 34.7 Å². The van der Waals surface area contributed by atoms with Crippen LogP contribution >= 0.6 is 23.2 Å². The van der Waals surface area contributed by atoms with E-state index in [-0.39, 0.29) is 21.8 Å². The summed E-state index contributed by atoms with van der Waals surface area (Å²) in [5.41, 5.74) is -0.985. The lowest BCUT2D eigenvalue weighted by Gasteiger charge is -2.09. The Morgan fingerprint density at radius 3 is 2.29 bits per heavy atom. The van der Waals surface area contributed by atoms with E-state index in [1.54, 1.807) is 0 Å². The highest BCUT2D eigenvalue weighted by atomic mass is 35.5. The van der Waals surface area contributed by atoms with Crippen molar-refractivity contribution in [2.24, 2.45) is 0 Å². The summed E-state index contributed by atoms with van der Waals surface area (Å²) in [6.45, 7) is 0. The molecule has 2 aromatic rings. The zero-order valence-electron chi connectivity index (χ0n) is 9.99. The van der Waals surface area contributed by atoms with Crippen LogP contribution in [0.15, 0.2) is 24.3 Å². The normalized spacial score (nSPS) is 10.6. The van der Waals surface area contributed by atoms with E-state index in [9.17, 15) is 22.4 Å². The van der Waals surface area contributed by atoms with Gasteiger partial charge in [0.05, 0.1) is 16.3 Å². The number of carbonyl (C=O) groups is 1. The second-order valence-electron chi connectivity index (χ2n) is 3.93. The number of amides is 1. The molecular formula is C13H5Cl2F4NO. The fourth-order valence-corrected chi connectivity index (χ4v) is 1.86. The third-order valence-corrected chi connectivity index (χ3v) is 3.09. The number of benzene rings is 2. The predicted octanol–water partition coefficient (Wildman–Crippen LogP) is 4.80. The van der Waals surface area contributed by atoms with Gasteiger partial charge in [0.25, 0.3) is 5.91 Å².